The van der Waals surface area contributed by atoms with Gasteiger partial charge in [0, 0.05) is 6.54 Å². The smallest absolute Gasteiger partial charge is 0.444 e. The second-order valence-electron chi connectivity index (χ2n) is 7.50. The Morgan fingerprint density at radius 3 is 2.59 bits per heavy atom. The van der Waals surface area contributed by atoms with Crippen LogP contribution in [0.15, 0.2) is 24.5 Å². The SMILES string of the molecule is CC(C)(C)OC(=O)N1CCC=C(c2ccc3c(NC(=O)C(F)(F)F)ncnn23)C1. The molecule has 0 saturated carbocycles. The number of nitrogens with one attached hydrogen (secondary N) is 1. The lowest BCUT2D eigenvalue weighted by Gasteiger charge is -2.30. The predicted octanol–water partition coefficient (Wildman–Crippen LogP) is 3.25. The van der Waals surface area contributed by atoms with E-state index in [9.17, 15) is 22.8 Å². The standard InChI is InChI=1S/C18H20F3N5O3/c1-17(2,3)29-16(28)25-8-4-5-11(9-25)12-6-7-13-14(22-10-23-26(12)13)24-15(27)18(19,20)21/h5-7,10H,4,8-9H2,1-3H3,(H,22,23,24,27). The van der Waals surface area contributed by atoms with Crippen molar-refractivity contribution in [1.29, 1.82) is 0 Å². The van der Waals surface area contributed by atoms with Crippen molar-refractivity contribution in [2.75, 3.05) is 18.4 Å². The summed E-state index contributed by atoms with van der Waals surface area (Å²) >= 11 is 0. The normalized spacial score (nSPS) is 15.2. The topological polar surface area (TPSA) is 88.8 Å². The van der Waals surface area contributed by atoms with Crippen molar-refractivity contribution in [3.63, 3.8) is 0 Å². The summed E-state index contributed by atoms with van der Waals surface area (Å²) in [6, 6.07) is 3.16. The zero-order valence-electron chi connectivity index (χ0n) is 16.1. The summed E-state index contributed by atoms with van der Waals surface area (Å²) in [5.41, 5.74) is 0.918. The largest absolute Gasteiger partial charge is 0.471 e. The van der Waals surface area contributed by atoms with Gasteiger partial charge >= 0.3 is 18.2 Å². The Bertz CT molecular complexity index is 975. The molecule has 2 aromatic heterocycles. The molecular formula is C18H20F3N5O3. The molecule has 11 heteroatoms. The molecule has 156 valence electrons. The molecule has 3 rings (SSSR count). The highest BCUT2D eigenvalue weighted by Crippen LogP contribution is 2.26. The number of amides is 2. The highest BCUT2D eigenvalue weighted by atomic mass is 19.4. The molecule has 0 fully saturated rings. The Labute approximate surface area is 164 Å². The van der Waals surface area contributed by atoms with Gasteiger partial charge in [0.2, 0.25) is 0 Å². The van der Waals surface area contributed by atoms with Crippen LogP contribution in [0.3, 0.4) is 0 Å². The number of rotatable bonds is 2. The van der Waals surface area contributed by atoms with E-state index in [4.69, 9.17) is 4.74 Å². The number of hydrogen-bond donors (Lipinski definition) is 1. The van der Waals surface area contributed by atoms with Crippen molar-refractivity contribution in [3.8, 4) is 0 Å². The van der Waals surface area contributed by atoms with Gasteiger partial charge in [-0.3, -0.25) is 4.79 Å². The molecule has 2 amide bonds. The van der Waals surface area contributed by atoms with E-state index in [1.165, 1.54) is 10.6 Å². The summed E-state index contributed by atoms with van der Waals surface area (Å²) in [4.78, 5) is 28.9. The first kappa shape index (κ1) is 20.6. The van der Waals surface area contributed by atoms with Gasteiger partial charge in [-0.25, -0.2) is 14.3 Å². The maximum absolute atomic E-state index is 12.5. The van der Waals surface area contributed by atoms with Gasteiger partial charge in [-0.05, 0) is 44.9 Å². The lowest BCUT2D eigenvalue weighted by Crippen LogP contribution is -2.39. The number of hydrogen-bond acceptors (Lipinski definition) is 5. The van der Waals surface area contributed by atoms with Crippen LogP contribution >= 0.6 is 0 Å². The van der Waals surface area contributed by atoms with Gasteiger partial charge in [0.25, 0.3) is 0 Å². The fourth-order valence-electron chi connectivity index (χ4n) is 2.86. The summed E-state index contributed by atoms with van der Waals surface area (Å²) in [5.74, 6) is -2.37. The molecule has 29 heavy (non-hydrogen) atoms. The Morgan fingerprint density at radius 2 is 1.93 bits per heavy atom. The van der Waals surface area contributed by atoms with Crippen molar-refractivity contribution in [3.05, 3.63) is 30.2 Å². The van der Waals surface area contributed by atoms with E-state index in [0.29, 0.717) is 18.7 Å². The van der Waals surface area contributed by atoms with Gasteiger partial charge in [-0.2, -0.15) is 18.3 Å². The number of aromatic nitrogens is 3. The number of nitrogens with zero attached hydrogens (tertiary/aromatic N) is 4. The molecule has 2 aromatic rings. The van der Waals surface area contributed by atoms with Gasteiger partial charge in [0.1, 0.15) is 17.4 Å². The Kier molecular flexibility index (Phi) is 5.24. The molecular weight excluding hydrogens is 391 g/mol. The predicted molar refractivity (Wildman–Crippen MR) is 98.1 cm³/mol. The zero-order valence-corrected chi connectivity index (χ0v) is 16.1. The number of carbonyl (C=O) groups is 2. The first-order chi connectivity index (χ1) is 13.5. The minimum atomic E-state index is -5.03. The highest BCUT2D eigenvalue weighted by Gasteiger charge is 2.39. The van der Waals surface area contributed by atoms with Gasteiger partial charge in [-0.15, -0.1) is 0 Å². The molecule has 8 nitrogen and oxygen atoms in total. The third kappa shape index (κ3) is 4.66. The maximum atomic E-state index is 12.5. The highest BCUT2D eigenvalue weighted by molar-refractivity contribution is 5.97. The second-order valence-corrected chi connectivity index (χ2v) is 7.50. The molecule has 0 radical (unpaired) electrons. The first-order valence-corrected chi connectivity index (χ1v) is 8.84. The number of carbonyl (C=O) groups excluding carboxylic acids is 2. The summed E-state index contributed by atoms with van der Waals surface area (Å²) in [6.07, 6.45) is -1.91. The fraction of sp³-hybridized carbons (Fsp3) is 0.444. The minimum absolute atomic E-state index is 0.204. The average molecular weight is 411 g/mol. The van der Waals surface area contributed by atoms with Crippen LogP contribution in [0.25, 0.3) is 11.1 Å². The summed E-state index contributed by atoms with van der Waals surface area (Å²) in [7, 11) is 0. The lowest BCUT2D eigenvalue weighted by atomic mass is 10.1. The van der Waals surface area contributed by atoms with E-state index in [0.717, 1.165) is 11.9 Å². The van der Waals surface area contributed by atoms with E-state index in [2.05, 4.69) is 10.1 Å². The molecule has 0 unspecified atom stereocenters. The van der Waals surface area contributed by atoms with Gasteiger partial charge in [0.15, 0.2) is 5.82 Å². The maximum Gasteiger partial charge on any atom is 0.471 e. The van der Waals surface area contributed by atoms with Crippen molar-refractivity contribution in [2.45, 2.75) is 39.0 Å². The van der Waals surface area contributed by atoms with Crippen LogP contribution in [-0.4, -0.2) is 56.4 Å². The summed E-state index contributed by atoms with van der Waals surface area (Å²) in [6.45, 7) is 6.08. The van der Waals surface area contributed by atoms with Crippen molar-refractivity contribution in [1.82, 2.24) is 19.5 Å². The molecule has 0 spiro atoms. The lowest BCUT2D eigenvalue weighted by molar-refractivity contribution is -0.167. The van der Waals surface area contributed by atoms with E-state index in [1.807, 2.05) is 6.08 Å². The zero-order chi connectivity index (χ0) is 21.4. The van der Waals surface area contributed by atoms with Crippen LogP contribution < -0.4 is 5.32 Å². The van der Waals surface area contributed by atoms with Crippen LogP contribution in [0.1, 0.15) is 32.9 Å². The second kappa shape index (κ2) is 7.37. The Morgan fingerprint density at radius 1 is 1.21 bits per heavy atom. The van der Waals surface area contributed by atoms with E-state index in [-0.39, 0.29) is 17.9 Å². The summed E-state index contributed by atoms with van der Waals surface area (Å²) in [5, 5.41) is 5.83. The van der Waals surface area contributed by atoms with Gasteiger partial charge in [-0.1, -0.05) is 6.08 Å². The number of halogens is 3. The molecule has 0 aliphatic carbocycles. The van der Waals surface area contributed by atoms with Gasteiger partial charge < -0.3 is 15.0 Å². The molecule has 0 saturated heterocycles. The third-order valence-corrected chi connectivity index (χ3v) is 4.07. The molecule has 1 aliphatic heterocycles. The monoisotopic (exact) mass is 411 g/mol. The first-order valence-electron chi connectivity index (χ1n) is 8.84. The van der Waals surface area contributed by atoms with E-state index in [1.54, 1.807) is 37.1 Å². The molecule has 0 aromatic carbocycles. The van der Waals surface area contributed by atoms with E-state index < -0.39 is 23.8 Å². The molecule has 1 aliphatic rings. The van der Waals surface area contributed by atoms with Gasteiger partial charge in [0.05, 0.1) is 12.2 Å². The Balaban J connectivity index is 1.86. The van der Waals surface area contributed by atoms with Crippen LogP contribution in [0.4, 0.5) is 23.8 Å². The van der Waals surface area contributed by atoms with Crippen LogP contribution in [-0.2, 0) is 9.53 Å². The summed E-state index contributed by atoms with van der Waals surface area (Å²) < 4.78 is 44.4. The molecule has 0 atom stereocenters. The van der Waals surface area contributed by atoms with Crippen molar-refractivity contribution >= 4 is 28.9 Å². The fourth-order valence-corrected chi connectivity index (χ4v) is 2.86. The molecule has 0 bridgehead atoms. The minimum Gasteiger partial charge on any atom is -0.444 e. The number of anilines is 1. The number of ether oxygens (including phenoxy) is 1. The van der Waals surface area contributed by atoms with Crippen molar-refractivity contribution < 1.29 is 27.5 Å². The quantitative estimate of drug-likeness (QED) is 0.820. The van der Waals surface area contributed by atoms with Crippen LogP contribution in [0.5, 0.6) is 0 Å². The number of alkyl halides is 3. The van der Waals surface area contributed by atoms with Crippen molar-refractivity contribution in [2.24, 2.45) is 0 Å². The molecule has 1 N–H and O–H groups in total. The average Bonchev–Trinajstić information content (AvgIpc) is 3.04. The third-order valence-electron chi connectivity index (χ3n) is 4.07. The molecule has 3 heterocycles. The van der Waals surface area contributed by atoms with E-state index >= 15 is 0 Å². The Hall–Kier alpha value is -3.11. The van der Waals surface area contributed by atoms with Crippen LogP contribution in [0, 0.1) is 0 Å². The number of fused-ring (bicyclic) bond motifs is 1. The van der Waals surface area contributed by atoms with Crippen LogP contribution in [0.2, 0.25) is 0 Å².